The van der Waals surface area contributed by atoms with Crippen molar-refractivity contribution in [1.29, 1.82) is 0 Å². The highest BCUT2D eigenvalue weighted by Crippen LogP contribution is 2.24. The molecule has 1 aromatic carbocycles. The van der Waals surface area contributed by atoms with Crippen LogP contribution in [0.25, 0.3) is 0 Å². The first-order chi connectivity index (χ1) is 8.70. The van der Waals surface area contributed by atoms with E-state index in [9.17, 15) is 0 Å². The van der Waals surface area contributed by atoms with Crippen LogP contribution in [0.3, 0.4) is 0 Å². The van der Waals surface area contributed by atoms with Crippen molar-refractivity contribution >= 4 is 0 Å². The van der Waals surface area contributed by atoms with E-state index in [0.717, 1.165) is 37.6 Å². The summed E-state index contributed by atoms with van der Waals surface area (Å²) in [6.07, 6.45) is 0.295. The minimum atomic E-state index is -0.0218. The number of rotatable bonds is 4. The molecule has 1 aliphatic rings. The van der Waals surface area contributed by atoms with Gasteiger partial charge in [-0.15, -0.1) is 0 Å². The summed E-state index contributed by atoms with van der Waals surface area (Å²) < 4.78 is 10.9. The molecule has 1 aromatic rings. The second-order valence-electron chi connectivity index (χ2n) is 4.79. The fourth-order valence-corrected chi connectivity index (χ4v) is 2.41. The molecule has 1 saturated heterocycles. The van der Waals surface area contributed by atoms with Gasteiger partial charge < -0.3 is 15.2 Å². The summed E-state index contributed by atoms with van der Waals surface area (Å²) in [7, 11) is 1.68. The summed E-state index contributed by atoms with van der Waals surface area (Å²) in [4.78, 5) is 2.35. The Kier molecular flexibility index (Phi) is 4.58. The molecule has 0 aromatic heterocycles. The first-order valence-corrected chi connectivity index (χ1v) is 6.43. The number of benzene rings is 1. The third-order valence-corrected chi connectivity index (χ3v) is 3.32. The standard InChI is InChI=1S/C14H22N2O2/c1-11-9-16(7-8-18-11)10-13(15)12-5-3-4-6-14(12)17-2/h3-6,11,13H,7-10,15H2,1-2H3. The van der Waals surface area contributed by atoms with E-state index in [1.807, 2.05) is 24.3 Å². The highest BCUT2D eigenvalue weighted by Gasteiger charge is 2.20. The van der Waals surface area contributed by atoms with Crippen LogP contribution in [-0.4, -0.2) is 44.4 Å². The second kappa shape index (κ2) is 6.18. The Morgan fingerprint density at radius 2 is 2.28 bits per heavy atom. The van der Waals surface area contributed by atoms with E-state index < -0.39 is 0 Å². The van der Waals surface area contributed by atoms with E-state index in [2.05, 4.69) is 11.8 Å². The molecule has 0 spiro atoms. The molecule has 0 aliphatic carbocycles. The number of nitrogens with zero attached hydrogens (tertiary/aromatic N) is 1. The van der Waals surface area contributed by atoms with Crippen molar-refractivity contribution < 1.29 is 9.47 Å². The van der Waals surface area contributed by atoms with Gasteiger partial charge >= 0.3 is 0 Å². The van der Waals surface area contributed by atoms with Crippen LogP contribution in [0.2, 0.25) is 0 Å². The van der Waals surface area contributed by atoms with Gasteiger partial charge in [0.05, 0.1) is 19.8 Å². The molecule has 4 nitrogen and oxygen atoms in total. The SMILES string of the molecule is COc1ccccc1C(N)CN1CCOC(C)C1. The average Bonchev–Trinajstić information content (AvgIpc) is 2.38. The molecular formula is C14H22N2O2. The second-order valence-corrected chi connectivity index (χ2v) is 4.79. The van der Waals surface area contributed by atoms with Crippen LogP contribution in [0.5, 0.6) is 5.75 Å². The Labute approximate surface area is 109 Å². The zero-order valence-electron chi connectivity index (χ0n) is 11.1. The lowest BCUT2D eigenvalue weighted by Gasteiger charge is -2.33. The van der Waals surface area contributed by atoms with Crippen molar-refractivity contribution in [1.82, 2.24) is 4.90 Å². The van der Waals surface area contributed by atoms with Crippen molar-refractivity contribution in [3.63, 3.8) is 0 Å². The number of hydrogen-bond donors (Lipinski definition) is 1. The topological polar surface area (TPSA) is 47.7 Å². The van der Waals surface area contributed by atoms with Crippen LogP contribution in [-0.2, 0) is 4.74 Å². The molecule has 0 saturated carbocycles. The number of morpholine rings is 1. The van der Waals surface area contributed by atoms with E-state index in [4.69, 9.17) is 15.2 Å². The molecule has 1 heterocycles. The molecule has 1 fully saturated rings. The zero-order chi connectivity index (χ0) is 13.0. The molecule has 2 N–H and O–H groups in total. The number of methoxy groups -OCH3 is 1. The zero-order valence-corrected chi connectivity index (χ0v) is 11.1. The van der Waals surface area contributed by atoms with Gasteiger partial charge in [0.1, 0.15) is 5.75 Å². The summed E-state index contributed by atoms with van der Waals surface area (Å²) >= 11 is 0. The van der Waals surface area contributed by atoms with Gasteiger partial charge in [0, 0.05) is 31.2 Å². The molecule has 2 atom stereocenters. The maximum atomic E-state index is 6.29. The van der Waals surface area contributed by atoms with Crippen LogP contribution in [0.1, 0.15) is 18.5 Å². The van der Waals surface area contributed by atoms with Gasteiger partial charge in [0.15, 0.2) is 0 Å². The predicted octanol–water partition coefficient (Wildman–Crippen LogP) is 1.42. The van der Waals surface area contributed by atoms with Gasteiger partial charge in [-0.25, -0.2) is 0 Å². The van der Waals surface area contributed by atoms with Crippen LogP contribution in [0.4, 0.5) is 0 Å². The van der Waals surface area contributed by atoms with Gasteiger partial charge in [-0.2, -0.15) is 0 Å². The molecule has 0 radical (unpaired) electrons. The predicted molar refractivity (Wildman–Crippen MR) is 71.8 cm³/mol. The monoisotopic (exact) mass is 250 g/mol. The van der Waals surface area contributed by atoms with E-state index in [0.29, 0.717) is 6.10 Å². The van der Waals surface area contributed by atoms with Gasteiger partial charge in [-0.3, -0.25) is 4.90 Å². The van der Waals surface area contributed by atoms with E-state index in [1.54, 1.807) is 7.11 Å². The van der Waals surface area contributed by atoms with Crippen molar-refractivity contribution in [2.45, 2.75) is 19.1 Å². The number of nitrogens with two attached hydrogens (primary N) is 1. The minimum absolute atomic E-state index is 0.0218. The maximum Gasteiger partial charge on any atom is 0.123 e. The van der Waals surface area contributed by atoms with Crippen molar-refractivity contribution in [3.05, 3.63) is 29.8 Å². The highest BCUT2D eigenvalue weighted by molar-refractivity contribution is 5.35. The summed E-state index contributed by atoms with van der Waals surface area (Å²) in [5.74, 6) is 0.867. The van der Waals surface area contributed by atoms with Crippen molar-refractivity contribution in [2.75, 3.05) is 33.4 Å². The number of para-hydroxylation sites is 1. The van der Waals surface area contributed by atoms with Gasteiger partial charge in [0.2, 0.25) is 0 Å². The smallest absolute Gasteiger partial charge is 0.123 e. The maximum absolute atomic E-state index is 6.29. The molecular weight excluding hydrogens is 228 g/mol. The summed E-state index contributed by atoms with van der Waals surface area (Å²) in [5.41, 5.74) is 7.35. The normalized spacial score (nSPS) is 22.7. The number of ether oxygens (including phenoxy) is 2. The van der Waals surface area contributed by atoms with E-state index in [-0.39, 0.29) is 6.04 Å². The molecule has 0 amide bonds. The third kappa shape index (κ3) is 3.22. The Morgan fingerprint density at radius 3 is 3.00 bits per heavy atom. The fraction of sp³-hybridized carbons (Fsp3) is 0.571. The van der Waals surface area contributed by atoms with Crippen LogP contribution in [0.15, 0.2) is 24.3 Å². The van der Waals surface area contributed by atoms with Crippen LogP contribution in [0, 0.1) is 0 Å². The third-order valence-electron chi connectivity index (χ3n) is 3.32. The van der Waals surface area contributed by atoms with Gasteiger partial charge in [-0.05, 0) is 13.0 Å². The van der Waals surface area contributed by atoms with Gasteiger partial charge in [0.25, 0.3) is 0 Å². The molecule has 2 rings (SSSR count). The lowest BCUT2D eigenvalue weighted by atomic mass is 10.1. The quantitative estimate of drug-likeness (QED) is 0.878. The first kappa shape index (κ1) is 13.3. The Balaban J connectivity index is 2.00. The Bertz CT molecular complexity index is 384. The minimum Gasteiger partial charge on any atom is -0.496 e. The summed E-state index contributed by atoms with van der Waals surface area (Å²) in [5, 5.41) is 0. The molecule has 100 valence electrons. The van der Waals surface area contributed by atoms with Gasteiger partial charge in [-0.1, -0.05) is 18.2 Å². The van der Waals surface area contributed by atoms with Crippen molar-refractivity contribution in [3.8, 4) is 5.75 Å². The lowest BCUT2D eigenvalue weighted by Crippen LogP contribution is -2.44. The van der Waals surface area contributed by atoms with Crippen molar-refractivity contribution in [2.24, 2.45) is 5.73 Å². The molecule has 2 unspecified atom stereocenters. The number of hydrogen-bond acceptors (Lipinski definition) is 4. The fourth-order valence-electron chi connectivity index (χ4n) is 2.41. The highest BCUT2D eigenvalue weighted by atomic mass is 16.5. The molecule has 0 bridgehead atoms. The average molecular weight is 250 g/mol. The molecule has 1 aliphatic heterocycles. The summed E-state index contributed by atoms with van der Waals surface area (Å²) in [6.45, 7) is 5.63. The lowest BCUT2D eigenvalue weighted by molar-refractivity contribution is -0.0199. The Hall–Kier alpha value is -1.10. The summed E-state index contributed by atoms with van der Waals surface area (Å²) in [6, 6.07) is 7.93. The first-order valence-electron chi connectivity index (χ1n) is 6.43. The molecule has 4 heteroatoms. The van der Waals surface area contributed by atoms with Crippen LogP contribution >= 0.6 is 0 Å². The van der Waals surface area contributed by atoms with E-state index >= 15 is 0 Å². The van der Waals surface area contributed by atoms with Crippen LogP contribution < -0.4 is 10.5 Å². The van der Waals surface area contributed by atoms with E-state index in [1.165, 1.54) is 0 Å². The molecule has 18 heavy (non-hydrogen) atoms. The Morgan fingerprint density at radius 1 is 1.50 bits per heavy atom. The largest absolute Gasteiger partial charge is 0.496 e.